The van der Waals surface area contributed by atoms with E-state index >= 15 is 0 Å². The largest absolute Gasteiger partial charge is 0.497 e. The van der Waals surface area contributed by atoms with Crippen molar-refractivity contribution in [3.05, 3.63) is 58.7 Å². The topological polar surface area (TPSA) is 59.6 Å². The molecule has 0 saturated carbocycles. The number of carbonyl (C=O) groups excluding carboxylic acids is 1. The van der Waals surface area contributed by atoms with E-state index in [2.05, 4.69) is 16.7 Å². The summed E-state index contributed by atoms with van der Waals surface area (Å²) in [6, 6.07) is 11.4. The molecule has 128 valence electrons. The van der Waals surface area contributed by atoms with E-state index in [1.54, 1.807) is 7.11 Å². The van der Waals surface area contributed by atoms with Gasteiger partial charge in [0.15, 0.2) is 6.73 Å². The Labute approximate surface area is 143 Å². The zero-order valence-corrected chi connectivity index (χ0v) is 14.6. The van der Waals surface area contributed by atoms with Crippen LogP contribution in [0.15, 0.2) is 36.4 Å². The Morgan fingerprint density at radius 2 is 1.79 bits per heavy atom. The summed E-state index contributed by atoms with van der Waals surface area (Å²) in [6.07, 6.45) is 0. The maximum Gasteiger partial charge on any atom is 0.317 e. The van der Waals surface area contributed by atoms with Crippen molar-refractivity contribution in [1.82, 2.24) is 10.6 Å². The van der Waals surface area contributed by atoms with Crippen molar-refractivity contribution in [2.45, 2.75) is 27.3 Å². The first-order valence-electron chi connectivity index (χ1n) is 7.85. The zero-order chi connectivity index (χ0) is 17.5. The van der Waals surface area contributed by atoms with Crippen molar-refractivity contribution in [2.24, 2.45) is 0 Å². The number of urea groups is 1. The average molecular weight is 328 g/mol. The van der Waals surface area contributed by atoms with Crippen LogP contribution in [0, 0.1) is 20.8 Å². The first kappa shape index (κ1) is 17.7. The summed E-state index contributed by atoms with van der Waals surface area (Å²) in [5.74, 6) is 1.59. The number of carbonyl (C=O) groups is 1. The number of benzene rings is 2. The van der Waals surface area contributed by atoms with Gasteiger partial charge in [0.25, 0.3) is 0 Å². The first-order chi connectivity index (χ1) is 11.5. The highest BCUT2D eigenvalue weighted by molar-refractivity contribution is 5.73. The summed E-state index contributed by atoms with van der Waals surface area (Å²) >= 11 is 0. The van der Waals surface area contributed by atoms with E-state index in [9.17, 15) is 4.79 Å². The van der Waals surface area contributed by atoms with E-state index in [1.807, 2.05) is 51.1 Å². The van der Waals surface area contributed by atoms with Crippen LogP contribution in [0.2, 0.25) is 0 Å². The fraction of sp³-hybridized carbons (Fsp3) is 0.316. The predicted octanol–water partition coefficient (Wildman–Crippen LogP) is 3.46. The Hall–Kier alpha value is -2.69. The molecule has 2 rings (SSSR count). The van der Waals surface area contributed by atoms with Gasteiger partial charge in [-0.15, -0.1) is 0 Å². The van der Waals surface area contributed by atoms with Crippen LogP contribution < -0.4 is 20.1 Å². The number of hydrogen-bond acceptors (Lipinski definition) is 3. The van der Waals surface area contributed by atoms with E-state index < -0.39 is 0 Å². The fourth-order valence-electron chi connectivity index (χ4n) is 2.35. The van der Waals surface area contributed by atoms with Crippen LogP contribution in [0.1, 0.15) is 22.3 Å². The highest BCUT2D eigenvalue weighted by Crippen LogP contribution is 2.25. The first-order valence-corrected chi connectivity index (χ1v) is 7.85. The van der Waals surface area contributed by atoms with Crippen LogP contribution in [0.25, 0.3) is 0 Å². The van der Waals surface area contributed by atoms with Crippen molar-refractivity contribution in [3.63, 3.8) is 0 Å². The van der Waals surface area contributed by atoms with Crippen molar-refractivity contribution in [3.8, 4) is 11.5 Å². The maximum absolute atomic E-state index is 11.9. The molecule has 2 aromatic rings. The van der Waals surface area contributed by atoms with Gasteiger partial charge in [-0.25, -0.2) is 4.79 Å². The predicted molar refractivity (Wildman–Crippen MR) is 94.5 cm³/mol. The second-order valence-electron chi connectivity index (χ2n) is 5.65. The van der Waals surface area contributed by atoms with Gasteiger partial charge in [-0.3, -0.25) is 0 Å². The number of hydrogen-bond donors (Lipinski definition) is 2. The lowest BCUT2D eigenvalue weighted by Gasteiger charge is -2.14. The monoisotopic (exact) mass is 328 g/mol. The molecule has 0 aliphatic heterocycles. The Morgan fingerprint density at radius 3 is 2.54 bits per heavy atom. The van der Waals surface area contributed by atoms with Crippen LogP contribution in [0.3, 0.4) is 0 Å². The molecule has 0 aliphatic rings. The summed E-state index contributed by atoms with van der Waals surface area (Å²) in [7, 11) is 1.62. The van der Waals surface area contributed by atoms with Gasteiger partial charge in [-0.05, 0) is 55.2 Å². The highest BCUT2D eigenvalue weighted by Gasteiger charge is 2.07. The normalized spacial score (nSPS) is 10.2. The number of ether oxygens (including phenoxy) is 2. The Bertz CT molecular complexity index is 714. The summed E-state index contributed by atoms with van der Waals surface area (Å²) in [5, 5.41) is 5.49. The molecule has 0 fully saturated rings. The van der Waals surface area contributed by atoms with Gasteiger partial charge in [0.2, 0.25) is 0 Å². The summed E-state index contributed by atoms with van der Waals surface area (Å²) in [4.78, 5) is 11.9. The molecule has 0 radical (unpaired) electrons. The van der Waals surface area contributed by atoms with E-state index in [4.69, 9.17) is 9.47 Å². The molecule has 0 bridgehead atoms. The van der Waals surface area contributed by atoms with Crippen LogP contribution in [0.4, 0.5) is 4.79 Å². The summed E-state index contributed by atoms with van der Waals surface area (Å²) in [5.41, 5.74) is 4.28. The van der Waals surface area contributed by atoms with Gasteiger partial charge in [0, 0.05) is 6.54 Å². The molecule has 2 aromatic carbocycles. The molecule has 5 heteroatoms. The molecule has 2 amide bonds. The lowest BCUT2D eigenvalue weighted by molar-refractivity contribution is 0.223. The standard InChI is InChI=1S/C19H24N2O3/c1-13-8-9-14(2)18(15(13)3)24-12-21-19(22)20-11-16-6-5-7-17(10-16)23-4/h5-10H,11-12H2,1-4H3,(H2,20,21,22). The maximum atomic E-state index is 11.9. The molecule has 0 atom stereocenters. The van der Waals surface area contributed by atoms with Crippen molar-refractivity contribution in [1.29, 1.82) is 0 Å². The fourth-order valence-corrected chi connectivity index (χ4v) is 2.35. The highest BCUT2D eigenvalue weighted by atomic mass is 16.5. The van der Waals surface area contributed by atoms with Crippen molar-refractivity contribution in [2.75, 3.05) is 13.8 Å². The number of rotatable bonds is 6. The van der Waals surface area contributed by atoms with Gasteiger partial charge in [0.1, 0.15) is 11.5 Å². The Morgan fingerprint density at radius 1 is 1.04 bits per heavy atom. The van der Waals surface area contributed by atoms with E-state index in [1.165, 1.54) is 0 Å². The SMILES string of the molecule is COc1cccc(CNC(=O)NCOc2c(C)ccc(C)c2C)c1. The van der Waals surface area contributed by atoms with Crippen LogP contribution in [0.5, 0.6) is 11.5 Å². The molecule has 0 heterocycles. The molecule has 0 aromatic heterocycles. The number of methoxy groups -OCH3 is 1. The van der Waals surface area contributed by atoms with Gasteiger partial charge in [-0.2, -0.15) is 0 Å². The lowest BCUT2D eigenvalue weighted by Crippen LogP contribution is -2.37. The van der Waals surface area contributed by atoms with Crippen LogP contribution in [-0.2, 0) is 6.54 Å². The van der Waals surface area contributed by atoms with Crippen LogP contribution >= 0.6 is 0 Å². The van der Waals surface area contributed by atoms with Gasteiger partial charge in [0.05, 0.1) is 7.11 Å². The second-order valence-corrected chi connectivity index (χ2v) is 5.65. The number of aryl methyl sites for hydroxylation is 2. The molecule has 0 spiro atoms. The minimum atomic E-state index is -0.277. The molecule has 5 nitrogen and oxygen atoms in total. The molecule has 0 saturated heterocycles. The lowest BCUT2D eigenvalue weighted by atomic mass is 10.1. The summed E-state index contributed by atoms with van der Waals surface area (Å²) in [6.45, 7) is 6.58. The van der Waals surface area contributed by atoms with Crippen molar-refractivity contribution >= 4 is 6.03 Å². The minimum absolute atomic E-state index is 0.120. The molecular weight excluding hydrogens is 304 g/mol. The van der Waals surface area contributed by atoms with E-state index in [-0.39, 0.29) is 12.8 Å². The smallest absolute Gasteiger partial charge is 0.317 e. The van der Waals surface area contributed by atoms with Gasteiger partial charge >= 0.3 is 6.03 Å². The second kappa shape index (κ2) is 8.24. The summed E-state index contributed by atoms with van der Waals surface area (Å²) < 4.78 is 10.9. The van der Waals surface area contributed by atoms with E-state index in [0.29, 0.717) is 6.54 Å². The third-order valence-corrected chi connectivity index (χ3v) is 3.91. The molecule has 24 heavy (non-hydrogen) atoms. The third-order valence-electron chi connectivity index (χ3n) is 3.91. The molecule has 2 N–H and O–H groups in total. The average Bonchev–Trinajstić information content (AvgIpc) is 2.59. The van der Waals surface area contributed by atoms with Crippen LogP contribution in [-0.4, -0.2) is 19.9 Å². The number of nitrogens with one attached hydrogen (secondary N) is 2. The molecular formula is C19H24N2O3. The Balaban J connectivity index is 1.80. The Kier molecular flexibility index (Phi) is 6.07. The quantitative estimate of drug-likeness (QED) is 0.799. The van der Waals surface area contributed by atoms with Gasteiger partial charge in [-0.1, -0.05) is 24.3 Å². The number of amides is 2. The van der Waals surface area contributed by atoms with Gasteiger partial charge < -0.3 is 20.1 Å². The zero-order valence-electron chi connectivity index (χ0n) is 14.6. The van der Waals surface area contributed by atoms with Crippen molar-refractivity contribution < 1.29 is 14.3 Å². The third kappa shape index (κ3) is 4.65. The van der Waals surface area contributed by atoms with E-state index in [0.717, 1.165) is 33.8 Å². The molecule has 0 aliphatic carbocycles. The minimum Gasteiger partial charge on any atom is -0.497 e. The molecule has 0 unspecified atom stereocenters.